The first kappa shape index (κ1) is 16.8. The normalized spacial score (nSPS) is 35.8. The second-order valence-electron chi connectivity index (χ2n) is 7.70. The van der Waals surface area contributed by atoms with Crippen LogP contribution in [-0.4, -0.2) is 87.1 Å². The molecule has 3 atom stereocenters. The van der Waals surface area contributed by atoms with Gasteiger partial charge in [0.1, 0.15) is 6.10 Å². The van der Waals surface area contributed by atoms with Gasteiger partial charge >= 0.3 is 0 Å². The molecule has 0 aromatic heterocycles. The largest absolute Gasteiger partial charge is 0.381 e. The number of amides is 1. The summed E-state index contributed by atoms with van der Waals surface area (Å²) in [6.07, 6.45) is 4.47. The number of carbonyl (C=O) groups is 1. The quantitative estimate of drug-likeness (QED) is 0.760. The van der Waals surface area contributed by atoms with Gasteiger partial charge in [0.05, 0.1) is 19.3 Å². The Balaban J connectivity index is 1.28. The summed E-state index contributed by atoms with van der Waals surface area (Å²) >= 11 is 0. The highest BCUT2D eigenvalue weighted by Gasteiger charge is 2.43. The summed E-state index contributed by atoms with van der Waals surface area (Å²) in [4.78, 5) is 17.1. The third-order valence-electron chi connectivity index (χ3n) is 6.09. The van der Waals surface area contributed by atoms with E-state index >= 15 is 0 Å². The fraction of sp³-hybridized carbons (Fsp3) is 0.944. The first-order chi connectivity index (χ1) is 11.8. The lowest BCUT2D eigenvalue weighted by molar-refractivity contribution is -0.147. The van der Waals surface area contributed by atoms with Crippen LogP contribution in [0.15, 0.2) is 0 Å². The van der Waals surface area contributed by atoms with Gasteiger partial charge in [0.15, 0.2) is 0 Å². The molecule has 0 aromatic rings. The van der Waals surface area contributed by atoms with Gasteiger partial charge in [0, 0.05) is 39.4 Å². The molecule has 6 heteroatoms. The highest BCUT2D eigenvalue weighted by Crippen LogP contribution is 2.34. The average Bonchev–Trinajstić information content (AvgIpc) is 3.06. The lowest BCUT2D eigenvalue weighted by Gasteiger charge is -2.37. The number of morpholine rings is 1. The minimum Gasteiger partial charge on any atom is -0.381 e. The van der Waals surface area contributed by atoms with Gasteiger partial charge in [-0.2, -0.15) is 0 Å². The van der Waals surface area contributed by atoms with Crippen LogP contribution in [0.2, 0.25) is 0 Å². The van der Waals surface area contributed by atoms with E-state index in [4.69, 9.17) is 14.2 Å². The van der Waals surface area contributed by atoms with E-state index < -0.39 is 0 Å². The number of fused-ring (bicyclic) bond motifs is 1. The fourth-order valence-electron chi connectivity index (χ4n) is 4.60. The highest BCUT2D eigenvalue weighted by atomic mass is 16.5. The lowest BCUT2D eigenvalue weighted by atomic mass is 9.90. The third kappa shape index (κ3) is 3.77. The summed E-state index contributed by atoms with van der Waals surface area (Å²) in [5.41, 5.74) is 0. The van der Waals surface area contributed by atoms with Gasteiger partial charge in [-0.05, 0) is 44.1 Å². The molecule has 0 N–H and O–H groups in total. The van der Waals surface area contributed by atoms with E-state index in [0.29, 0.717) is 32.2 Å². The van der Waals surface area contributed by atoms with E-state index in [2.05, 4.69) is 4.90 Å². The molecule has 0 spiro atoms. The van der Waals surface area contributed by atoms with Gasteiger partial charge in [0.2, 0.25) is 0 Å². The molecule has 4 fully saturated rings. The molecule has 4 rings (SSSR count). The van der Waals surface area contributed by atoms with Crippen LogP contribution in [0.5, 0.6) is 0 Å². The van der Waals surface area contributed by atoms with Crippen molar-refractivity contribution in [3.8, 4) is 0 Å². The predicted molar refractivity (Wildman–Crippen MR) is 88.8 cm³/mol. The van der Waals surface area contributed by atoms with Crippen molar-refractivity contribution >= 4 is 5.91 Å². The summed E-state index contributed by atoms with van der Waals surface area (Å²) < 4.78 is 17.0. The van der Waals surface area contributed by atoms with Gasteiger partial charge in [-0.1, -0.05) is 0 Å². The van der Waals surface area contributed by atoms with Crippen LogP contribution < -0.4 is 0 Å². The Hall–Kier alpha value is -0.690. The summed E-state index contributed by atoms with van der Waals surface area (Å²) in [5, 5.41) is 0. The predicted octanol–water partition coefficient (Wildman–Crippen LogP) is 0.751. The topological polar surface area (TPSA) is 51.2 Å². The molecule has 6 nitrogen and oxygen atoms in total. The molecule has 4 saturated heterocycles. The van der Waals surface area contributed by atoms with Crippen LogP contribution in [0.1, 0.15) is 25.7 Å². The molecule has 0 aliphatic carbocycles. The number of ether oxygens (including phenoxy) is 3. The molecule has 0 saturated carbocycles. The maximum absolute atomic E-state index is 12.7. The van der Waals surface area contributed by atoms with Gasteiger partial charge in [-0.15, -0.1) is 0 Å². The van der Waals surface area contributed by atoms with Gasteiger partial charge in [-0.3, -0.25) is 4.79 Å². The zero-order valence-corrected chi connectivity index (χ0v) is 14.5. The molecule has 4 aliphatic rings. The van der Waals surface area contributed by atoms with Crippen LogP contribution in [0.25, 0.3) is 0 Å². The van der Waals surface area contributed by atoms with Crippen LogP contribution in [0, 0.1) is 11.8 Å². The standard InChI is InChI=1S/C18H30N2O4/c21-18(20-5-9-23-10-6-20)16-11-15-1-4-19(13-17(15)24-16)12-14-2-7-22-8-3-14/h14-17H,1-13H2/t15-,16-,17-/m0/s1. The molecule has 0 radical (unpaired) electrons. The molecule has 0 aromatic carbocycles. The van der Waals surface area contributed by atoms with Crippen molar-refractivity contribution in [1.29, 1.82) is 0 Å². The first-order valence-electron chi connectivity index (χ1n) is 9.61. The Morgan fingerprint density at radius 2 is 1.71 bits per heavy atom. The Morgan fingerprint density at radius 3 is 2.50 bits per heavy atom. The van der Waals surface area contributed by atoms with Crippen molar-refractivity contribution < 1.29 is 19.0 Å². The van der Waals surface area contributed by atoms with Crippen molar-refractivity contribution in [1.82, 2.24) is 9.80 Å². The molecule has 24 heavy (non-hydrogen) atoms. The summed E-state index contributed by atoms with van der Waals surface area (Å²) in [7, 11) is 0. The van der Waals surface area contributed by atoms with E-state index in [1.807, 2.05) is 4.90 Å². The SMILES string of the molecule is O=C([C@@H]1C[C@@H]2CCN(CC3CCOCC3)C[C@@H]2O1)N1CCOCC1. The van der Waals surface area contributed by atoms with Gasteiger partial charge in [-0.25, -0.2) is 0 Å². The van der Waals surface area contributed by atoms with E-state index in [9.17, 15) is 4.79 Å². The zero-order chi connectivity index (χ0) is 16.4. The molecule has 0 unspecified atom stereocenters. The average molecular weight is 338 g/mol. The van der Waals surface area contributed by atoms with Crippen molar-refractivity contribution in [3.05, 3.63) is 0 Å². The lowest BCUT2D eigenvalue weighted by Crippen LogP contribution is -2.46. The van der Waals surface area contributed by atoms with Gasteiger partial charge in [0.25, 0.3) is 5.91 Å². The second kappa shape index (κ2) is 7.68. The molecule has 1 amide bonds. The molecule has 4 heterocycles. The molecular weight excluding hydrogens is 308 g/mol. The van der Waals surface area contributed by atoms with E-state index in [1.165, 1.54) is 19.3 Å². The van der Waals surface area contributed by atoms with Gasteiger partial charge < -0.3 is 24.0 Å². The second-order valence-corrected chi connectivity index (χ2v) is 7.70. The molecular formula is C18H30N2O4. The summed E-state index contributed by atoms with van der Waals surface area (Å²) in [6.45, 7) is 7.88. The summed E-state index contributed by atoms with van der Waals surface area (Å²) in [6, 6.07) is 0. The van der Waals surface area contributed by atoms with Crippen LogP contribution in [0.3, 0.4) is 0 Å². The molecule has 4 aliphatic heterocycles. The molecule has 0 bridgehead atoms. The smallest absolute Gasteiger partial charge is 0.251 e. The van der Waals surface area contributed by atoms with Crippen molar-refractivity contribution in [3.63, 3.8) is 0 Å². The Kier molecular flexibility index (Phi) is 5.37. The Bertz CT molecular complexity index is 435. The number of likely N-dealkylation sites (tertiary alicyclic amines) is 1. The van der Waals surface area contributed by atoms with Crippen molar-refractivity contribution in [2.45, 2.75) is 37.9 Å². The fourth-order valence-corrected chi connectivity index (χ4v) is 4.60. The minimum atomic E-state index is -0.221. The van der Waals surface area contributed by atoms with Crippen molar-refractivity contribution in [2.24, 2.45) is 11.8 Å². The highest BCUT2D eigenvalue weighted by molar-refractivity contribution is 5.81. The number of piperidine rings is 1. The van der Waals surface area contributed by atoms with E-state index in [1.54, 1.807) is 0 Å². The van der Waals surface area contributed by atoms with E-state index in [-0.39, 0.29) is 18.1 Å². The van der Waals surface area contributed by atoms with Crippen molar-refractivity contribution in [2.75, 3.05) is 59.2 Å². The minimum absolute atomic E-state index is 0.184. The molecule has 136 valence electrons. The monoisotopic (exact) mass is 338 g/mol. The van der Waals surface area contributed by atoms with Crippen LogP contribution >= 0.6 is 0 Å². The maximum atomic E-state index is 12.7. The van der Waals surface area contributed by atoms with E-state index in [0.717, 1.165) is 45.2 Å². The van der Waals surface area contributed by atoms with Crippen LogP contribution in [-0.2, 0) is 19.0 Å². The summed E-state index contributed by atoms with van der Waals surface area (Å²) in [5.74, 6) is 1.51. The zero-order valence-electron chi connectivity index (χ0n) is 14.5. The number of carbonyl (C=O) groups excluding carboxylic acids is 1. The maximum Gasteiger partial charge on any atom is 0.251 e. The number of hydrogen-bond donors (Lipinski definition) is 0. The number of rotatable bonds is 3. The van der Waals surface area contributed by atoms with Crippen LogP contribution in [0.4, 0.5) is 0 Å². The Morgan fingerprint density at radius 1 is 0.958 bits per heavy atom. The number of hydrogen-bond acceptors (Lipinski definition) is 5. The Labute approximate surface area is 144 Å². The first-order valence-corrected chi connectivity index (χ1v) is 9.61. The third-order valence-corrected chi connectivity index (χ3v) is 6.09. The number of nitrogens with zero attached hydrogens (tertiary/aromatic N) is 2.